The second-order valence-corrected chi connectivity index (χ2v) is 4.41. The van der Waals surface area contributed by atoms with Crippen LogP contribution >= 0.6 is 0 Å². The maximum atomic E-state index is 13.3. The zero-order valence-corrected chi connectivity index (χ0v) is 9.81. The van der Waals surface area contributed by atoms with Gasteiger partial charge in [-0.25, -0.2) is 4.39 Å². The molecule has 0 aliphatic rings. The molecule has 0 aliphatic heterocycles. The van der Waals surface area contributed by atoms with Gasteiger partial charge < -0.3 is 5.73 Å². The van der Waals surface area contributed by atoms with Gasteiger partial charge in [-0.3, -0.25) is 0 Å². The van der Waals surface area contributed by atoms with Gasteiger partial charge in [0.25, 0.3) is 0 Å². The molecular weight excluding hydrogens is 189 g/mol. The van der Waals surface area contributed by atoms with Crippen molar-refractivity contribution in [2.24, 2.45) is 5.73 Å². The first-order valence-corrected chi connectivity index (χ1v) is 5.52. The van der Waals surface area contributed by atoms with Gasteiger partial charge in [0.05, 0.1) is 0 Å². The zero-order chi connectivity index (χ0) is 11.4. The molecule has 0 amide bonds. The molecule has 0 saturated carbocycles. The molecule has 0 bridgehead atoms. The molecule has 1 rings (SSSR count). The number of benzene rings is 1. The monoisotopic (exact) mass is 209 g/mol. The van der Waals surface area contributed by atoms with Crippen LogP contribution in [0.15, 0.2) is 12.1 Å². The number of hydrogen-bond acceptors (Lipinski definition) is 1. The highest BCUT2D eigenvalue weighted by Gasteiger charge is 2.04. The Balaban J connectivity index is 2.63. The molecule has 1 nitrogen and oxygen atoms in total. The Kier molecular flexibility index (Phi) is 4.28. The number of rotatable bonds is 4. The third-order valence-electron chi connectivity index (χ3n) is 2.62. The van der Waals surface area contributed by atoms with Crippen LogP contribution < -0.4 is 5.73 Å². The first kappa shape index (κ1) is 12.2. The van der Waals surface area contributed by atoms with E-state index < -0.39 is 0 Å². The van der Waals surface area contributed by atoms with Gasteiger partial charge in [-0.05, 0) is 56.7 Å². The molecular formula is C13H20FN. The highest BCUT2D eigenvalue weighted by Crippen LogP contribution is 2.16. The Morgan fingerprint density at radius 3 is 2.27 bits per heavy atom. The van der Waals surface area contributed by atoms with E-state index in [0.717, 1.165) is 30.4 Å². The molecule has 0 aliphatic carbocycles. The summed E-state index contributed by atoms with van der Waals surface area (Å²) in [5.74, 6) is -0.0778. The van der Waals surface area contributed by atoms with Crippen LogP contribution in [0.25, 0.3) is 0 Å². The molecule has 84 valence electrons. The van der Waals surface area contributed by atoms with Crippen LogP contribution in [-0.4, -0.2) is 6.04 Å². The van der Waals surface area contributed by atoms with E-state index in [1.54, 1.807) is 0 Å². The summed E-state index contributed by atoms with van der Waals surface area (Å²) in [5, 5.41) is 0. The van der Waals surface area contributed by atoms with Crippen molar-refractivity contribution in [2.45, 2.75) is 46.1 Å². The maximum Gasteiger partial charge on any atom is 0.129 e. The van der Waals surface area contributed by atoms with Crippen molar-refractivity contribution in [3.8, 4) is 0 Å². The SMILES string of the molecule is Cc1cc(CCC[C@H](C)N)cc(C)c1F. The second kappa shape index (κ2) is 5.26. The van der Waals surface area contributed by atoms with Crippen LogP contribution in [-0.2, 0) is 6.42 Å². The first-order chi connectivity index (χ1) is 7.00. The molecule has 2 heteroatoms. The average Bonchev–Trinajstić information content (AvgIpc) is 2.13. The van der Waals surface area contributed by atoms with E-state index in [4.69, 9.17) is 5.73 Å². The molecule has 0 saturated heterocycles. The van der Waals surface area contributed by atoms with Crippen molar-refractivity contribution < 1.29 is 4.39 Å². The first-order valence-electron chi connectivity index (χ1n) is 5.52. The number of halogens is 1. The molecule has 0 aromatic heterocycles. The van der Waals surface area contributed by atoms with Crippen LogP contribution in [0.2, 0.25) is 0 Å². The van der Waals surface area contributed by atoms with Crippen LogP contribution in [0.1, 0.15) is 36.5 Å². The highest BCUT2D eigenvalue weighted by atomic mass is 19.1. The van der Waals surface area contributed by atoms with Crippen molar-refractivity contribution in [1.82, 2.24) is 0 Å². The standard InChI is InChI=1S/C13H20FN/c1-9-7-12(6-4-5-11(3)15)8-10(2)13(9)14/h7-8,11H,4-6,15H2,1-3H3/t11-/m0/s1. The summed E-state index contributed by atoms with van der Waals surface area (Å²) >= 11 is 0. The Morgan fingerprint density at radius 2 is 1.80 bits per heavy atom. The molecule has 1 atom stereocenters. The van der Waals surface area contributed by atoms with Crippen LogP contribution in [0.4, 0.5) is 4.39 Å². The fraction of sp³-hybridized carbons (Fsp3) is 0.538. The summed E-state index contributed by atoms with van der Waals surface area (Å²) in [6.45, 7) is 5.65. The van der Waals surface area contributed by atoms with Gasteiger partial charge in [-0.2, -0.15) is 0 Å². The lowest BCUT2D eigenvalue weighted by Gasteiger charge is -2.08. The number of hydrogen-bond donors (Lipinski definition) is 1. The highest BCUT2D eigenvalue weighted by molar-refractivity contribution is 5.30. The lowest BCUT2D eigenvalue weighted by molar-refractivity contribution is 0.603. The Morgan fingerprint density at radius 1 is 1.27 bits per heavy atom. The van der Waals surface area contributed by atoms with Crippen molar-refractivity contribution in [3.63, 3.8) is 0 Å². The van der Waals surface area contributed by atoms with Gasteiger partial charge in [-0.1, -0.05) is 12.1 Å². The van der Waals surface area contributed by atoms with E-state index in [2.05, 4.69) is 0 Å². The summed E-state index contributed by atoms with van der Waals surface area (Å²) in [7, 11) is 0. The van der Waals surface area contributed by atoms with Gasteiger partial charge >= 0.3 is 0 Å². The molecule has 0 unspecified atom stereocenters. The second-order valence-electron chi connectivity index (χ2n) is 4.41. The van der Waals surface area contributed by atoms with E-state index in [1.807, 2.05) is 32.9 Å². The fourth-order valence-corrected chi connectivity index (χ4v) is 1.81. The van der Waals surface area contributed by atoms with Gasteiger partial charge in [0.2, 0.25) is 0 Å². The Hall–Kier alpha value is -0.890. The minimum Gasteiger partial charge on any atom is -0.328 e. The van der Waals surface area contributed by atoms with Crippen molar-refractivity contribution in [3.05, 3.63) is 34.6 Å². The third-order valence-corrected chi connectivity index (χ3v) is 2.62. The van der Waals surface area contributed by atoms with E-state index in [-0.39, 0.29) is 11.9 Å². The minimum absolute atomic E-state index is 0.0778. The lowest BCUT2D eigenvalue weighted by Crippen LogP contribution is -2.14. The van der Waals surface area contributed by atoms with Gasteiger partial charge in [0.15, 0.2) is 0 Å². The molecule has 0 spiro atoms. The molecule has 0 radical (unpaired) electrons. The predicted octanol–water partition coefficient (Wildman–Crippen LogP) is 3.11. The van der Waals surface area contributed by atoms with E-state index in [1.165, 1.54) is 5.56 Å². The lowest BCUT2D eigenvalue weighted by atomic mass is 10.0. The number of nitrogens with two attached hydrogens (primary N) is 1. The molecule has 1 aromatic carbocycles. The van der Waals surface area contributed by atoms with Crippen molar-refractivity contribution in [2.75, 3.05) is 0 Å². The largest absolute Gasteiger partial charge is 0.328 e. The van der Waals surface area contributed by atoms with Gasteiger partial charge in [0.1, 0.15) is 5.82 Å². The molecule has 1 aromatic rings. The van der Waals surface area contributed by atoms with Crippen LogP contribution in [0, 0.1) is 19.7 Å². The van der Waals surface area contributed by atoms with Crippen molar-refractivity contribution in [1.29, 1.82) is 0 Å². The topological polar surface area (TPSA) is 26.0 Å². The molecule has 2 N–H and O–H groups in total. The van der Waals surface area contributed by atoms with E-state index in [0.29, 0.717) is 0 Å². The van der Waals surface area contributed by atoms with E-state index in [9.17, 15) is 4.39 Å². The zero-order valence-electron chi connectivity index (χ0n) is 9.81. The predicted molar refractivity (Wildman–Crippen MR) is 62.5 cm³/mol. The number of aryl methyl sites for hydroxylation is 3. The minimum atomic E-state index is -0.0778. The van der Waals surface area contributed by atoms with Crippen molar-refractivity contribution >= 4 is 0 Å². The Labute approximate surface area is 91.5 Å². The fourth-order valence-electron chi connectivity index (χ4n) is 1.81. The van der Waals surface area contributed by atoms with E-state index >= 15 is 0 Å². The van der Waals surface area contributed by atoms with Crippen LogP contribution in [0.5, 0.6) is 0 Å². The molecule has 0 heterocycles. The summed E-state index contributed by atoms with van der Waals surface area (Å²) in [4.78, 5) is 0. The molecule has 15 heavy (non-hydrogen) atoms. The summed E-state index contributed by atoms with van der Waals surface area (Å²) < 4.78 is 13.3. The summed E-state index contributed by atoms with van der Waals surface area (Å²) in [6.07, 6.45) is 3.08. The maximum absolute atomic E-state index is 13.3. The third kappa shape index (κ3) is 3.63. The van der Waals surface area contributed by atoms with Gasteiger partial charge in [0, 0.05) is 6.04 Å². The van der Waals surface area contributed by atoms with Gasteiger partial charge in [-0.15, -0.1) is 0 Å². The average molecular weight is 209 g/mol. The Bertz CT molecular complexity index is 308. The summed E-state index contributed by atoms with van der Waals surface area (Å²) in [6, 6.07) is 4.13. The molecule has 0 fully saturated rings. The quantitative estimate of drug-likeness (QED) is 0.810. The summed E-state index contributed by atoms with van der Waals surface area (Å²) in [5.41, 5.74) is 8.38. The van der Waals surface area contributed by atoms with Crippen LogP contribution in [0.3, 0.4) is 0 Å². The normalized spacial score (nSPS) is 12.9. The smallest absolute Gasteiger partial charge is 0.129 e.